The lowest BCUT2D eigenvalue weighted by atomic mass is 9.96. The van der Waals surface area contributed by atoms with Gasteiger partial charge < -0.3 is 15.3 Å². The smallest absolute Gasteiger partial charge is 0.288 e. The molecule has 0 aliphatic heterocycles. The third kappa shape index (κ3) is 7.19. The van der Waals surface area contributed by atoms with Gasteiger partial charge in [-0.1, -0.05) is 50.5 Å². The minimum Gasteiger partial charge on any atom is -0.515 e. The van der Waals surface area contributed by atoms with Crippen molar-refractivity contribution in [3.63, 3.8) is 0 Å². The van der Waals surface area contributed by atoms with Crippen LogP contribution in [0.5, 0.6) is 0 Å². The van der Waals surface area contributed by atoms with E-state index in [1.165, 1.54) is 0 Å². The van der Waals surface area contributed by atoms with Gasteiger partial charge in [0.05, 0.1) is 6.26 Å². The van der Waals surface area contributed by atoms with Crippen LogP contribution in [0.25, 0.3) is 0 Å². The van der Waals surface area contributed by atoms with Gasteiger partial charge >= 0.3 is 0 Å². The SMILES string of the molecule is C=NN(C(=O)C(=CO)C(=O)NCCC)/C(=C(/Br)CC)N(C)CC(C)(C)C. The molecule has 0 aromatic carbocycles. The Morgan fingerprint density at radius 1 is 1.31 bits per heavy atom. The zero-order chi connectivity index (χ0) is 20.5. The van der Waals surface area contributed by atoms with Crippen LogP contribution in [0.4, 0.5) is 0 Å². The summed E-state index contributed by atoms with van der Waals surface area (Å²) in [7, 11) is 1.84. The highest BCUT2D eigenvalue weighted by Crippen LogP contribution is 2.27. The Balaban J connectivity index is 5.87. The van der Waals surface area contributed by atoms with Gasteiger partial charge in [0.25, 0.3) is 11.8 Å². The van der Waals surface area contributed by atoms with Crippen LogP contribution >= 0.6 is 15.9 Å². The van der Waals surface area contributed by atoms with E-state index in [2.05, 4.69) is 53.8 Å². The first kappa shape index (κ1) is 24.2. The molecule has 0 bridgehead atoms. The summed E-state index contributed by atoms with van der Waals surface area (Å²) in [6, 6.07) is 0. The van der Waals surface area contributed by atoms with Gasteiger partial charge in [-0.3, -0.25) is 9.59 Å². The maximum absolute atomic E-state index is 12.9. The molecule has 0 aliphatic rings. The van der Waals surface area contributed by atoms with E-state index in [4.69, 9.17) is 0 Å². The number of nitrogens with one attached hydrogen (secondary N) is 1. The number of nitrogens with zero attached hydrogens (tertiary/aromatic N) is 3. The van der Waals surface area contributed by atoms with E-state index in [1.807, 2.05) is 25.8 Å². The largest absolute Gasteiger partial charge is 0.515 e. The molecule has 0 unspecified atom stereocenters. The molecule has 0 saturated heterocycles. The standard InChI is InChI=1S/C18H31BrN4O3/c1-8-10-21-15(25)13(11-24)17(26)23(20-6)16(14(19)9-2)22(7)12-18(3,4)5/h11,24H,6,8-10,12H2,1-5,7H3,(H,21,25)/b13-11?,16-14+. The Bertz CT molecular complexity index is 579. The van der Waals surface area contributed by atoms with Crippen molar-refractivity contribution in [3.8, 4) is 0 Å². The second-order valence-electron chi connectivity index (χ2n) is 7.06. The predicted molar refractivity (Wildman–Crippen MR) is 109 cm³/mol. The molecule has 0 spiro atoms. The highest BCUT2D eigenvalue weighted by Gasteiger charge is 2.30. The molecule has 2 amide bonds. The van der Waals surface area contributed by atoms with E-state index in [-0.39, 0.29) is 5.41 Å². The average molecular weight is 431 g/mol. The molecular formula is C18H31BrN4O3. The van der Waals surface area contributed by atoms with Crippen molar-refractivity contribution >= 4 is 34.5 Å². The first-order valence-corrected chi connectivity index (χ1v) is 9.36. The number of rotatable bonds is 9. The Labute approximate surface area is 164 Å². The van der Waals surface area contributed by atoms with Gasteiger partial charge in [-0.25, -0.2) is 0 Å². The molecule has 0 heterocycles. The van der Waals surface area contributed by atoms with E-state index in [1.54, 1.807) is 0 Å². The van der Waals surface area contributed by atoms with E-state index in [0.29, 0.717) is 38.0 Å². The number of amides is 2. The number of carbonyl (C=O) groups excluding carboxylic acids is 2. The van der Waals surface area contributed by atoms with Crippen molar-refractivity contribution in [1.29, 1.82) is 0 Å². The lowest BCUT2D eigenvalue weighted by molar-refractivity contribution is -0.130. The zero-order valence-electron chi connectivity index (χ0n) is 16.6. The fourth-order valence-corrected chi connectivity index (χ4v) is 2.79. The van der Waals surface area contributed by atoms with Crippen LogP contribution in [0.15, 0.2) is 27.2 Å². The van der Waals surface area contributed by atoms with Crippen LogP contribution in [-0.4, -0.2) is 53.7 Å². The van der Waals surface area contributed by atoms with E-state index >= 15 is 0 Å². The summed E-state index contributed by atoms with van der Waals surface area (Å²) >= 11 is 3.48. The summed E-state index contributed by atoms with van der Waals surface area (Å²) < 4.78 is 0.733. The summed E-state index contributed by atoms with van der Waals surface area (Å²) in [4.78, 5) is 26.9. The van der Waals surface area contributed by atoms with Gasteiger partial charge in [0, 0.05) is 31.3 Å². The number of carbonyl (C=O) groups is 2. The number of halogens is 1. The molecule has 0 saturated carbocycles. The molecule has 0 radical (unpaired) electrons. The molecule has 0 aliphatic carbocycles. The first-order valence-electron chi connectivity index (χ1n) is 8.57. The Hall–Kier alpha value is -1.83. The molecule has 26 heavy (non-hydrogen) atoms. The van der Waals surface area contributed by atoms with E-state index in [0.717, 1.165) is 9.49 Å². The van der Waals surface area contributed by atoms with Crippen LogP contribution in [-0.2, 0) is 9.59 Å². The Morgan fingerprint density at radius 2 is 1.88 bits per heavy atom. The van der Waals surface area contributed by atoms with Crippen LogP contribution in [0.2, 0.25) is 0 Å². The topological polar surface area (TPSA) is 85.2 Å². The first-order chi connectivity index (χ1) is 12.0. The summed E-state index contributed by atoms with van der Waals surface area (Å²) in [5, 5.41) is 16.9. The molecule has 148 valence electrons. The van der Waals surface area contributed by atoms with E-state index in [9.17, 15) is 14.7 Å². The van der Waals surface area contributed by atoms with Gasteiger partial charge in [0.1, 0.15) is 11.4 Å². The molecule has 8 heteroatoms. The molecule has 0 fully saturated rings. The molecule has 0 aromatic heterocycles. The maximum atomic E-state index is 12.9. The minimum absolute atomic E-state index is 0.0366. The Kier molecular flexibility index (Phi) is 10.2. The summed E-state index contributed by atoms with van der Waals surface area (Å²) in [5.74, 6) is -0.930. The molecule has 0 atom stereocenters. The lowest BCUT2D eigenvalue weighted by Gasteiger charge is -2.34. The zero-order valence-corrected chi connectivity index (χ0v) is 18.2. The van der Waals surface area contributed by atoms with Gasteiger partial charge in [-0.05, 0) is 18.3 Å². The summed E-state index contributed by atoms with van der Waals surface area (Å²) in [5.41, 5.74) is -0.436. The fraction of sp³-hybridized carbons (Fsp3) is 0.611. The number of allylic oxidation sites excluding steroid dienone is 1. The van der Waals surface area contributed by atoms with Crippen molar-refractivity contribution in [2.75, 3.05) is 20.1 Å². The van der Waals surface area contributed by atoms with Crippen molar-refractivity contribution in [2.45, 2.75) is 47.5 Å². The number of aliphatic hydroxyl groups is 1. The molecule has 0 rings (SSSR count). The highest BCUT2D eigenvalue weighted by atomic mass is 79.9. The van der Waals surface area contributed by atoms with Crippen molar-refractivity contribution in [2.24, 2.45) is 10.5 Å². The molecule has 2 N–H and O–H groups in total. The monoisotopic (exact) mass is 430 g/mol. The van der Waals surface area contributed by atoms with Crippen molar-refractivity contribution in [1.82, 2.24) is 15.2 Å². The molecule has 7 nitrogen and oxygen atoms in total. The summed E-state index contributed by atoms with van der Waals surface area (Å²) in [6.07, 6.45) is 1.83. The fourth-order valence-electron chi connectivity index (χ4n) is 2.31. The van der Waals surface area contributed by atoms with Gasteiger partial charge in [0.15, 0.2) is 0 Å². The van der Waals surface area contributed by atoms with Gasteiger partial charge in [-0.15, -0.1) is 0 Å². The number of hydrogen-bond acceptors (Lipinski definition) is 5. The third-order valence-corrected chi connectivity index (χ3v) is 4.22. The second-order valence-corrected chi connectivity index (χ2v) is 8.01. The third-order valence-electron chi connectivity index (χ3n) is 3.30. The number of aliphatic hydroxyl groups excluding tert-OH is 1. The quantitative estimate of drug-likeness (QED) is 0.146. The maximum Gasteiger partial charge on any atom is 0.288 e. The Morgan fingerprint density at radius 3 is 2.27 bits per heavy atom. The molecular weight excluding hydrogens is 400 g/mol. The van der Waals surface area contributed by atoms with Crippen LogP contribution in [0.3, 0.4) is 0 Å². The van der Waals surface area contributed by atoms with Crippen LogP contribution < -0.4 is 5.32 Å². The minimum atomic E-state index is -0.753. The van der Waals surface area contributed by atoms with Gasteiger partial charge in [-0.2, -0.15) is 10.1 Å². The number of hydrazone groups is 1. The van der Waals surface area contributed by atoms with E-state index < -0.39 is 17.4 Å². The normalized spacial score (nSPS) is 13.0. The van der Waals surface area contributed by atoms with Crippen LogP contribution in [0, 0.1) is 5.41 Å². The highest BCUT2D eigenvalue weighted by molar-refractivity contribution is 9.11. The van der Waals surface area contributed by atoms with Gasteiger partial charge in [0.2, 0.25) is 0 Å². The predicted octanol–water partition coefficient (Wildman–Crippen LogP) is 3.35. The lowest BCUT2D eigenvalue weighted by Crippen LogP contribution is -2.41. The second kappa shape index (κ2) is 11.0. The average Bonchev–Trinajstić information content (AvgIpc) is 2.55. The van der Waals surface area contributed by atoms with Crippen molar-refractivity contribution < 1.29 is 14.7 Å². The number of hydrogen-bond donors (Lipinski definition) is 2. The summed E-state index contributed by atoms with van der Waals surface area (Å²) in [6.45, 7) is 14.5. The van der Waals surface area contributed by atoms with Crippen LogP contribution in [0.1, 0.15) is 47.5 Å². The molecule has 0 aromatic rings. The van der Waals surface area contributed by atoms with Crippen molar-refractivity contribution in [3.05, 3.63) is 22.1 Å².